The Balaban J connectivity index is 1.72. The molecule has 0 amide bonds. The smallest absolute Gasteiger partial charge is 0.140 e. The Bertz CT molecular complexity index is 885. The highest BCUT2D eigenvalue weighted by atomic mass is 16.1. The number of benzene rings is 2. The zero-order chi connectivity index (χ0) is 18.4. The number of Topliss-reactive ketones (excluding diaryl/α,β-unsaturated/α-hetero) is 1. The maximum absolute atomic E-state index is 13.0. The number of hydrogen-bond acceptors (Lipinski definition) is 1. The van der Waals surface area contributed by atoms with E-state index in [9.17, 15) is 4.79 Å². The first-order chi connectivity index (χ1) is 13.2. The highest BCUT2D eigenvalue weighted by molar-refractivity contribution is 5.90. The average molecular weight is 359 g/mol. The summed E-state index contributed by atoms with van der Waals surface area (Å²) in [6.45, 7) is 2.31. The molecule has 0 radical (unpaired) electrons. The first kappa shape index (κ1) is 17.2. The number of carbonyl (C=O) groups excluding carboxylic acids is 1. The molecule has 0 aromatic heterocycles. The van der Waals surface area contributed by atoms with Crippen molar-refractivity contribution in [2.75, 3.05) is 0 Å². The topological polar surface area (TPSA) is 17.1 Å². The fourth-order valence-corrected chi connectivity index (χ4v) is 6.08. The number of fused-ring (bicyclic) bond motifs is 3. The van der Waals surface area contributed by atoms with Gasteiger partial charge in [0.05, 0.1) is 0 Å². The van der Waals surface area contributed by atoms with Gasteiger partial charge < -0.3 is 0 Å². The van der Waals surface area contributed by atoms with Gasteiger partial charge in [0.1, 0.15) is 5.78 Å². The monoisotopic (exact) mass is 358 g/mol. The molecular weight excluding hydrogens is 328 g/mol. The van der Waals surface area contributed by atoms with Crippen molar-refractivity contribution in [2.24, 2.45) is 0 Å². The molecule has 0 heterocycles. The van der Waals surface area contributed by atoms with E-state index in [1.165, 1.54) is 71.9 Å². The summed E-state index contributed by atoms with van der Waals surface area (Å²) >= 11 is 0. The molecule has 1 atom stereocenters. The molecule has 1 heteroatoms. The molecule has 1 nitrogen and oxygen atoms in total. The average Bonchev–Trinajstić information content (AvgIpc) is 3.06. The van der Waals surface area contributed by atoms with E-state index in [-0.39, 0.29) is 5.92 Å². The minimum absolute atomic E-state index is 0.152. The van der Waals surface area contributed by atoms with Crippen LogP contribution in [0.25, 0.3) is 11.1 Å². The lowest BCUT2D eigenvalue weighted by Crippen LogP contribution is -2.22. The van der Waals surface area contributed by atoms with Crippen molar-refractivity contribution in [2.45, 2.75) is 83.0 Å². The molecule has 27 heavy (non-hydrogen) atoms. The van der Waals surface area contributed by atoms with E-state index >= 15 is 0 Å². The third-order valence-electron chi connectivity index (χ3n) is 7.32. The van der Waals surface area contributed by atoms with Gasteiger partial charge in [-0.1, -0.05) is 56.0 Å². The number of aryl methyl sites for hydroxylation is 1. The zero-order valence-electron chi connectivity index (χ0n) is 16.5. The number of hydrogen-bond donors (Lipinski definition) is 0. The van der Waals surface area contributed by atoms with Crippen LogP contribution in [0.4, 0.5) is 0 Å². The standard InChI is InChI=1S/C26H30O/c1-17-15-22-20-12-6-5-11-19(20)16-23(22)26(21-13-7-8-14-24(21)27)25(17)18-9-3-2-4-10-18/h5-6,11-12,15,18,21H,2-4,7-10,13-14,16H2,1H3. The van der Waals surface area contributed by atoms with E-state index < -0.39 is 0 Å². The Labute approximate surface area is 163 Å². The van der Waals surface area contributed by atoms with Crippen molar-refractivity contribution in [3.05, 3.63) is 58.1 Å². The van der Waals surface area contributed by atoms with Crippen molar-refractivity contribution in [1.29, 1.82) is 0 Å². The second-order valence-electron chi connectivity index (χ2n) is 8.98. The minimum atomic E-state index is 0.152. The van der Waals surface area contributed by atoms with Crippen LogP contribution in [0.1, 0.15) is 97.4 Å². The Kier molecular flexibility index (Phi) is 4.42. The van der Waals surface area contributed by atoms with Crippen LogP contribution < -0.4 is 0 Å². The van der Waals surface area contributed by atoms with Crippen LogP contribution in [0.5, 0.6) is 0 Å². The van der Waals surface area contributed by atoms with Crippen LogP contribution in [-0.2, 0) is 11.2 Å². The predicted octanol–water partition coefficient (Wildman–Crippen LogP) is 6.84. The van der Waals surface area contributed by atoms with E-state index in [2.05, 4.69) is 37.3 Å². The number of ketones is 1. The van der Waals surface area contributed by atoms with Gasteiger partial charge >= 0.3 is 0 Å². The van der Waals surface area contributed by atoms with Crippen molar-refractivity contribution in [3.8, 4) is 11.1 Å². The molecule has 5 rings (SSSR count). The molecule has 0 bridgehead atoms. The van der Waals surface area contributed by atoms with Gasteiger partial charge in [-0.3, -0.25) is 4.79 Å². The van der Waals surface area contributed by atoms with Crippen molar-refractivity contribution in [1.82, 2.24) is 0 Å². The molecule has 2 aromatic carbocycles. The maximum atomic E-state index is 13.0. The normalized spacial score (nSPS) is 22.6. The SMILES string of the molecule is Cc1cc2c(c(C3CCCCC3=O)c1C1CCCCC1)Cc1ccccc1-2. The summed E-state index contributed by atoms with van der Waals surface area (Å²) in [5.74, 6) is 1.32. The van der Waals surface area contributed by atoms with Gasteiger partial charge in [0.2, 0.25) is 0 Å². The summed E-state index contributed by atoms with van der Waals surface area (Å²) in [4.78, 5) is 13.0. The van der Waals surface area contributed by atoms with Crippen LogP contribution in [0.15, 0.2) is 30.3 Å². The molecule has 3 aliphatic rings. The molecule has 0 N–H and O–H groups in total. The van der Waals surface area contributed by atoms with Gasteiger partial charge in [-0.05, 0) is 83.9 Å². The largest absolute Gasteiger partial charge is 0.299 e. The molecule has 2 aromatic rings. The van der Waals surface area contributed by atoms with E-state index in [0.717, 1.165) is 25.7 Å². The number of rotatable bonds is 2. The minimum Gasteiger partial charge on any atom is -0.299 e. The summed E-state index contributed by atoms with van der Waals surface area (Å²) in [6, 6.07) is 11.3. The molecule has 0 aliphatic heterocycles. The van der Waals surface area contributed by atoms with E-state index in [4.69, 9.17) is 0 Å². The quantitative estimate of drug-likeness (QED) is 0.490. The molecular formula is C26H30O. The summed E-state index contributed by atoms with van der Waals surface area (Å²) in [5, 5.41) is 0. The second kappa shape index (κ2) is 6.93. The van der Waals surface area contributed by atoms with Crippen LogP contribution in [0.3, 0.4) is 0 Å². The van der Waals surface area contributed by atoms with Gasteiger partial charge in [0.15, 0.2) is 0 Å². The molecule has 1 unspecified atom stereocenters. The first-order valence-corrected chi connectivity index (χ1v) is 11.0. The van der Waals surface area contributed by atoms with Crippen molar-refractivity contribution in [3.63, 3.8) is 0 Å². The molecule has 140 valence electrons. The van der Waals surface area contributed by atoms with Gasteiger partial charge in [-0.15, -0.1) is 0 Å². The lowest BCUT2D eigenvalue weighted by Gasteiger charge is -2.32. The van der Waals surface area contributed by atoms with Crippen LogP contribution in [-0.4, -0.2) is 5.78 Å². The maximum Gasteiger partial charge on any atom is 0.140 e. The van der Waals surface area contributed by atoms with E-state index in [1.807, 2.05) is 0 Å². The van der Waals surface area contributed by atoms with Gasteiger partial charge in [0, 0.05) is 12.3 Å². The fourth-order valence-electron chi connectivity index (χ4n) is 6.08. The summed E-state index contributed by atoms with van der Waals surface area (Å²) < 4.78 is 0. The highest BCUT2D eigenvalue weighted by Gasteiger charge is 2.35. The van der Waals surface area contributed by atoms with Gasteiger partial charge in [0.25, 0.3) is 0 Å². The van der Waals surface area contributed by atoms with Crippen LogP contribution in [0, 0.1) is 6.92 Å². The predicted molar refractivity (Wildman–Crippen MR) is 111 cm³/mol. The van der Waals surface area contributed by atoms with Crippen molar-refractivity contribution < 1.29 is 4.79 Å². The summed E-state index contributed by atoms with van der Waals surface area (Å²) in [5.41, 5.74) is 10.2. The molecule has 2 saturated carbocycles. The van der Waals surface area contributed by atoms with Crippen LogP contribution in [0.2, 0.25) is 0 Å². The molecule has 3 aliphatic carbocycles. The summed E-state index contributed by atoms with van der Waals surface area (Å²) in [7, 11) is 0. The Morgan fingerprint density at radius 3 is 2.44 bits per heavy atom. The Morgan fingerprint density at radius 2 is 1.63 bits per heavy atom. The second-order valence-corrected chi connectivity index (χ2v) is 8.98. The lowest BCUT2D eigenvalue weighted by atomic mass is 9.71. The highest BCUT2D eigenvalue weighted by Crippen LogP contribution is 2.49. The molecule has 0 spiro atoms. The van der Waals surface area contributed by atoms with Gasteiger partial charge in [-0.25, -0.2) is 0 Å². The third-order valence-corrected chi connectivity index (χ3v) is 7.32. The first-order valence-electron chi connectivity index (χ1n) is 11.0. The fraction of sp³-hybridized carbons (Fsp3) is 0.500. The Morgan fingerprint density at radius 1 is 0.852 bits per heavy atom. The molecule has 0 saturated heterocycles. The van der Waals surface area contributed by atoms with E-state index in [0.29, 0.717) is 11.7 Å². The van der Waals surface area contributed by atoms with Crippen LogP contribution >= 0.6 is 0 Å². The van der Waals surface area contributed by atoms with E-state index in [1.54, 1.807) is 5.56 Å². The number of carbonyl (C=O) groups is 1. The third kappa shape index (κ3) is 2.87. The van der Waals surface area contributed by atoms with Crippen molar-refractivity contribution >= 4 is 5.78 Å². The Hall–Kier alpha value is -1.89. The zero-order valence-corrected chi connectivity index (χ0v) is 16.5. The molecule has 2 fully saturated rings. The lowest BCUT2D eigenvalue weighted by molar-refractivity contribution is -0.121. The summed E-state index contributed by atoms with van der Waals surface area (Å²) in [6.07, 6.45) is 11.8. The van der Waals surface area contributed by atoms with Gasteiger partial charge in [-0.2, -0.15) is 0 Å².